The lowest BCUT2D eigenvalue weighted by Crippen LogP contribution is -2.48. The van der Waals surface area contributed by atoms with E-state index in [2.05, 4.69) is 4.99 Å². The Balaban J connectivity index is 1.70. The van der Waals surface area contributed by atoms with E-state index in [1.165, 1.54) is 7.11 Å². The van der Waals surface area contributed by atoms with Gasteiger partial charge in [0.25, 0.3) is 0 Å². The van der Waals surface area contributed by atoms with Gasteiger partial charge in [-0.25, -0.2) is 4.79 Å². The number of rotatable bonds is 6. The van der Waals surface area contributed by atoms with E-state index in [1.807, 2.05) is 19.1 Å². The van der Waals surface area contributed by atoms with Crippen molar-refractivity contribution in [1.82, 2.24) is 0 Å². The SMILES string of the molecule is COC(=O)C1C(=O)C2C(=NC(C)=C(C(=O)OCc3ccc(OC)cc3)C2c2ccc(C)o2)CC1C. The highest BCUT2D eigenvalue weighted by Crippen LogP contribution is 2.46. The molecule has 1 aromatic carbocycles. The Labute approximate surface area is 204 Å². The molecule has 35 heavy (non-hydrogen) atoms. The highest BCUT2D eigenvalue weighted by atomic mass is 16.5. The molecule has 4 rings (SSSR count). The summed E-state index contributed by atoms with van der Waals surface area (Å²) in [5.41, 5.74) is 2.17. The van der Waals surface area contributed by atoms with E-state index >= 15 is 0 Å². The van der Waals surface area contributed by atoms with E-state index in [0.717, 1.165) is 5.56 Å². The maximum atomic E-state index is 13.7. The zero-order valence-electron chi connectivity index (χ0n) is 20.5. The van der Waals surface area contributed by atoms with Crippen LogP contribution in [0.15, 0.2) is 57.1 Å². The van der Waals surface area contributed by atoms with E-state index in [4.69, 9.17) is 18.6 Å². The number of carbonyl (C=O) groups excluding carboxylic acids is 3. The smallest absolute Gasteiger partial charge is 0.336 e. The highest BCUT2D eigenvalue weighted by molar-refractivity contribution is 6.17. The fourth-order valence-corrected chi connectivity index (χ4v) is 4.98. The molecule has 2 aliphatic rings. The predicted molar refractivity (Wildman–Crippen MR) is 127 cm³/mol. The molecule has 1 aromatic heterocycles. The van der Waals surface area contributed by atoms with Crippen LogP contribution in [0.5, 0.6) is 5.75 Å². The number of esters is 2. The Morgan fingerprint density at radius 1 is 1.06 bits per heavy atom. The first-order valence-electron chi connectivity index (χ1n) is 11.5. The van der Waals surface area contributed by atoms with Crippen LogP contribution in [0.25, 0.3) is 0 Å². The average Bonchev–Trinajstić information content (AvgIpc) is 3.27. The molecule has 4 unspecified atom stereocenters. The van der Waals surface area contributed by atoms with Gasteiger partial charge >= 0.3 is 11.9 Å². The number of aliphatic imine (C=N–C) groups is 1. The van der Waals surface area contributed by atoms with Crippen LogP contribution < -0.4 is 4.74 Å². The number of benzene rings is 1. The molecular weight excluding hydrogens is 450 g/mol. The van der Waals surface area contributed by atoms with Crippen molar-refractivity contribution in [3.05, 3.63) is 64.8 Å². The van der Waals surface area contributed by atoms with Crippen LogP contribution in [0.3, 0.4) is 0 Å². The van der Waals surface area contributed by atoms with Crippen LogP contribution in [0.4, 0.5) is 0 Å². The minimum atomic E-state index is -0.933. The van der Waals surface area contributed by atoms with Gasteiger partial charge in [-0.1, -0.05) is 19.1 Å². The minimum Gasteiger partial charge on any atom is -0.497 e. The van der Waals surface area contributed by atoms with Gasteiger partial charge in [-0.05, 0) is 56.0 Å². The Bertz CT molecular complexity index is 1200. The van der Waals surface area contributed by atoms with Crippen LogP contribution >= 0.6 is 0 Å². The fraction of sp³-hybridized carbons (Fsp3) is 0.407. The van der Waals surface area contributed by atoms with E-state index in [0.29, 0.717) is 35.1 Å². The second-order valence-corrected chi connectivity index (χ2v) is 9.01. The number of allylic oxidation sites excluding steroid dienone is 1. The molecular formula is C27H29NO7. The largest absolute Gasteiger partial charge is 0.497 e. The molecule has 0 bridgehead atoms. The van der Waals surface area contributed by atoms with Crippen LogP contribution in [0, 0.1) is 24.7 Å². The van der Waals surface area contributed by atoms with Gasteiger partial charge in [0.2, 0.25) is 0 Å². The van der Waals surface area contributed by atoms with Crippen molar-refractivity contribution in [3.63, 3.8) is 0 Å². The molecule has 0 saturated heterocycles. The first kappa shape index (κ1) is 24.4. The van der Waals surface area contributed by atoms with Gasteiger partial charge in [-0.15, -0.1) is 0 Å². The first-order valence-corrected chi connectivity index (χ1v) is 11.5. The number of carbonyl (C=O) groups is 3. The Morgan fingerprint density at radius 2 is 1.77 bits per heavy atom. The number of aryl methyl sites for hydroxylation is 1. The van der Waals surface area contributed by atoms with Crippen LogP contribution in [-0.4, -0.2) is 37.7 Å². The van der Waals surface area contributed by atoms with Crippen LogP contribution in [0.1, 0.15) is 43.3 Å². The van der Waals surface area contributed by atoms with Gasteiger partial charge in [0, 0.05) is 11.4 Å². The highest BCUT2D eigenvalue weighted by Gasteiger charge is 2.52. The van der Waals surface area contributed by atoms with E-state index in [1.54, 1.807) is 45.2 Å². The summed E-state index contributed by atoms with van der Waals surface area (Å²) in [6.45, 7) is 5.40. The van der Waals surface area contributed by atoms with Gasteiger partial charge in [0.15, 0.2) is 5.78 Å². The summed E-state index contributed by atoms with van der Waals surface area (Å²) in [6.07, 6.45) is 0.442. The van der Waals surface area contributed by atoms with Gasteiger partial charge in [-0.3, -0.25) is 14.6 Å². The summed E-state index contributed by atoms with van der Waals surface area (Å²) < 4.78 is 21.6. The van der Waals surface area contributed by atoms with Crippen molar-refractivity contribution < 1.29 is 33.0 Å². The average molecular weight is 480 g/mol. The molecule has 1 fully saturated rings. The summed E-state index contributed by atoms with van der Waals surface area (Å²) in [4.78, 5) is 44.2. The number of ether oxygens (including phenoxy) is 3. The molecule has 1 aliphatic heterocycles. The van der Waals surface area contributed by atoms with Crippen LogP contribution in [-0.2, 0) is 30.5 Å². The summed E-state index contributed by atoms with van der Waals surface area (Å²) >= 11 is 0. The molecule has 8 nitrogen and oxygen atoms in total. The standard InChI is InChI=1S/C27H29NO7/c1-14-12-19-23(25(29)21(14)26(30)33-5)24(20-11-6-15(2)35-20)22(16(3)28-19)27(31)34-13-17-7-9-18(32-4)10-8-17/h6-11,14,21,23-24H,12-13H2,1-5H3. The maximum Gasteiger partial charge on any atom is 0.336 e. The summed E-state index contributed by atoms with van der Waals surface area (Å²) in [7, 11) is 2.85. The van der Waals surface area contributed by atoms with Gasteiger partial charge in [0.05, 0.1) is 31.6 Å². The molecule has 184 valence electrons. The van der Waals surface area contributed by atoms with E-state index in [-0.39, 0.29) is 23.9 Å². The Kier molecular flexibility index (Phi) is 6.91. The van der Waals surface area contributed by atoms with Crippen molar-refractivity contribution >= 4 is 23.4 Å². The molecule has 0 amide bonds. The molecule has 1 aliphatic carbocycles. The van der Waals surface area contributed by atoms with Gasteiger partial charge in [-0.2, -0.15) is 0 Å². The summed E-state index contributed by atoms with van der Waals surface area (Å²) in [5.74, 6) is -2.42. The molecule has 4 atom stereocenters. The fourth-order valence-electron chi connectivity index (χ4n) is 4.98. The Hall–Kier alpha value is -3.68. The van der Waals surface area contributed by atoms with Crippen molar-refractivity contribution in [2.75, 3.05) is 14.2 Å². The number of methoxy groups -OCH3 is 2. The summed E-state index contributed by atoms with van der Waals surface area (Å²) in [6, 6.07) is 10.7. The van der Waals surface area contributed by atoms with Crippen molar-refractivity contribution in [3.8, 4) is 5.75 Å². The van der Waals surface area contributed by atoms with Crippen molar-refractivity contribution in [2.45, 2.75) is 39.7 Å². The van der Waals surface area contributed by atoms with E-state index < -0.39 is 29.7 Å². The number of Topliss-reactive ketones (excluding diaryl/α,β-unsaturated/α-hetero) is 1. The third kappa shape index (κ3) is 4.65. The molecule has 2 heterocycles. The Morgan fingerprint density at radius 3 is 2.37 bits per heavy atom. The number of furan rings is 1. The molecule has 0 spiro atoms. The van der Waals surface area contributed by atoms with Gasteiger partial charge in [0.1, 0.15) is 29.8 Å². The van der Waals surface area contributed by atoms with E-state index in [9.17, 15) is 14.4 Å². The second-order valence-electron chi connectivity index (χ2n) is 9.01. The topological polar surface area (TPSA) is 104 Å². The quantitative estimate of drug-likeness (QED) is 0.452. The molecule has 0 radical (unpaired) electrons. The van der Waals surface area contributed by atoms with Gasteiger partial charge < -0.3 is 18.6 Å². The second kappa shape index (κ2) is 9.90. The zero-order chi connectivity index (χ0) is 25.3. The van der Waals surface area contributed by atoms with Crippen molar-refractivity contribution in [2.24, 2.45) is 22.7 Å². The lowest BCUT2D eigenvalue weighted by molar-refractivity contribution is -0.152. The first-order chi connectivity index (χ1) is 16.7. The number of fused-ring (bicyclic) bond motifs is 1. The third-order valence-corrected chi connectivity index (χ3v) is 6.69. The number of ketones is 1. The molecule has 2 aromatic rings. The lowest BCUT2D eigenvalue weighted by atomic mass is 9.65. The normalized spacial score (nSPS) is 23.9. The summed E-state index contributed by atoms with van der Waals surface area (Å²) in [5, 5.41) is 0. The van der Waals surface area contributed by atoms with Crippen LogP contribution in [0.2, 0.25) is 0 Å². The molecule has 8 heteroatoms. The third-order valence-electron chi connectivity index (χ3n) is 6.69. The lowest BCUT2D eigenvalue weighted by Gasteiger charge is -2.39. The monoisotopic (exact) mass is 479 g/mol. The number of hydrogen-bond acceptors (Lipinski definition) is 8. The minimum absolute atomic E-state index is 0.0422. The number of hydrogen-bond donors (Lipinski definition) is 0. The predicted octanol–water partition coefficient (Wildman–Crippen LogP) is 4.17. The molecule has 0 N–H and O–H groups in total. The number of nitrogens with zero attached hydrogens (tertiary/aromatic N) is 1. The zero-order valence-corrected chi connectivity index (χ0v) is 20.5. The van der Waals surface area contributed by atoms with Crippen molar-refractivity contribution in [1.29, 1.82) is 0 Å². The maximum absolute atomic E-state index is 13.7. The molecule has 1 saturated carbocycles.